The van der Waals surface area contributed by atoms with E-state index in [-0.39, 0.29) is 40.7 Å². The molecule has 0 amide bonds. The topological polar surface area (TPSA) is 135 Å². The minimum absolute atomic E-state index is 0. The summed E-state index contributed by atoms with van der Waals surface area (Å²) < 4.78 is 23.0. The number of carbonyl (C=O) groups is 1. The molecule has 0 saturated carbocycles. The summed E-state index contributed by atoms with van der Waals surface area (Å²) in [4.78, 5) is 24.5. The maximum atomic E-state index is 11.3. The summed E-state index contributed by atoms with van der Waals surface area (Å²) in [5.41, 5.74) is -0.349. The summed E-state index contributed by atoms with van der Waals surface area (Å²) in [6.45, 7) is 0. The number of nitrogens with zero attached hydrogens (tertiary/aromatic N) is 1. The number of aromatic carboxylic acids is 1. The van der Waals surface area contributed by atoms with Crippen molar-refractivity contribution in [3.8, 4) is 11.1 Å². The van der Waals surface area contributed by atoms with E-state index in [1.54, 1.807) is 0 Å². The van der Waals surface area contributed by atoms with Crippen molar-refractivity contribution in [1.82, 2.24) is 8.96 Å². The number of aromatic nitrogens is 2. The monoisotopic (exact) mass is 307 g/mol. The van der Waals surface area contributed by atoms with Crippen molar-refractivity contribution < 1.29 is 18.3 Å². The third-order valence-corrected chi connectivity index (χ3v) is 3.28. The molecule has 10 heteroatoms. The van der Waals surface area contributed by atoms with Crippen LogP contribution in [-0.4, -0.2) is 58.0 Å². The molecule has 0 unspecified atom stereocenters. The first-order chi connectivity index (χ1) is 8.80. The maximum absolute atomic E-state index is 11.3. The van der Waals surface area contributed by atoms with E-state index in [0.29, 0.717) is 9.54 Å². The Bertz CT molecular complexity index is 788. The molecule has 0 fully saturated rings. The number of aromatic amines is 1. The van der Waals surface area contributed by atoms with Crippen molar-refractivity contribution in [2.75, 3.05) is 0 Å². The predicted octanol–water partition coefficient (Wildman–Crippen LogP) is -1.06. The fourth-order valence-corrected chi connectivity index (χ4v) is 2.31. The zero-order valence-corrected chi connectivity index (χ0v) is 10.2. The second-order valence-corrected chi connectivity index (χ2v) is 5.09. The van der Waals surface area contributed by atoms with E-state index >= 15 is 0 Å². The molecule has 0 aromatic carbocycles. The molecule has 4 N–H and O–H groups in total. The van der Waals surface area contributed by atoms with E-state index in [2.05, 4.69) is 4.98 Å². The van der Waals surface area contributed by atoms with Gasteiger partial charge in [-0.05, 0) is 12.1 Å². The van der Waals surface area contributed by atoms with Crippen molar-refractivity contribution in [3.63, 3.8) is 0 Å². The van der Waals surface area contributed by atoms with Crippen LogP contribution >= 0.6 is 0 Å². The average Bonchev–Trinajstić information content (AvgIpc) is 2.74. The quantitative estimate of drug-likeness (QED) is 0.621. The van der Waals surface area contributed by atoms with Crippen LogP contribution in [0.5, 0.6) is 0 Å². The SMILES string of the molecule is NS(=O)(=O)n1ccc(-c2ccc(=O)[nH]c2)c1C(=O)O.[NaH]. The van der Waals surface area contributed by atoms with Crippen LogP contribution in [0.15, 0.2) is 35.4 Å². The summed E-state index contributed by atoms with van der Waals surface area (Å²) in [6.07, 6.45) is 2.33. The van der Waals surface area contributed by atoms with Gasteiger partial charge in [-0.1, -0.05) is 0 Å². The third kappa shape index (κ3) is 3.19. The van der Waals surface area contributed by atoms with Crippen LogP contribution in [0.1, 0.15) is 10.5 Å². The molecule has 0 radical (unpaired) electrons. The second-order valence-electron chi connectivity index (χ2n) is 3.67. The van der Waals surface area contributed by atoms with Crippen LogP contribution < -0.4 is 10.7 Å². The Morgan fingerprint density at radius 2 is 1.95 bits per heavy atom. The van der Waals surface area contributed by atoms with E-state index in [9.17, 15) is 18.0 Å². The molecule has 0 atom stereocenters. The van der Waals surface area contributed by atoms with E-state index in [1.807, 2.05) is 0 Å². The summed E-state index contributed by atoms with van der Waals surface area (Å²) in [7, 11) is -4.21. The van der Waals surface area contributed by atoms with Crippen LogP contribution in [-0.2, 0) is 10.2 Å². The Kier molecular flexibility index (Phi) is 4.95. The fraction of sp³-hybridized carbons (Fsp3) is 0. The number of hydrogen-bond donors (Lipinski definition) is 3. The molecule has 0 bridgehead atoms. The molecular formula is C10H10N3NaO5S. The normalized spacial score (nSPS) is 10.8. The van der Waals surface area contributed by atoms with E-state index in [4.69, 9.17) is 10.2 Å². The van der Waals surface area contributed by atoms with Crippen molar-refractivity contribution in [1.29, 1.82) is 0 Å². The molecule has 2 aromatic heterocycles. The number of nitrogens with two attached hydrogens (primary N) is 1. The van der Waals surface area contributed by atoms with Gasteiger partial charge in [0.25, 0.3) is 0 Å². The second kappa shape index (κ2) is 5.94. The number of pyridine rings is 1. The van der Waals surface area contributed by atoms with Gasteiger partial charge in [0.2, 0.25) is 5.56 Å². The molecule has 0 spiro atoms. The van der Waals surface area contributed by atoms with Gasteiger partial charge in [-0.3, -0.25) is 4.79 Å². The Morgan fingerprint density at radius 1 is 1.30 bits per heavy atom. The average molecular weight is 307 g/mol. The fourth-order valence-electron chi connectivity index (χ4n) is 1.65. The Morgan fingerprint density at radius 3 is 2.40 bits per heavy atom. The predicted molar refractivity (Wildman–Crippen MR) is 73.1 cm³/mol. The first-order valence-corrected chi connectivity index (χ1v) is 6.48. The summed E-state index contributed by atoms with van der Waals surface area (Å²) in [6, 6.07) is 3.88. The number of hydrogen-bond acceptors (Lipinski definition) is 4. The molecule has 2 heterocycles. The van der Waals surface area contributed by atoms with Crippen LogP contribution in [0.4, 0.5) is 0 Å². The summed E-state index contributed by atoms with van der Waals surface area (Å²) >= 11 is 0. The van der Waals surface area contributed by atoms with E-state index in [0.717, 1.165) is 6.20 Å². The van der Waals surface area contributed by atoms with Gasteiger partial charge in [0.1, 0.15) is 0 Å². The number of nitrogens with one attached hydrogen (secondary N) is 1. The van der Waals surface area contributed by atoms with Gasteiger partial charge in [0.05, 0.1) is 0 Å². The molecular weight excluding hydrogens is 297 g/mol. The Labute approximate surface area is 135 Å². The molecule has 8 nitrogen and oxygen atoms in total. The Hall–Kier alpha value is -1.39. The molecule has 102 valence electrons. The zero-order valence-electron chi connectivity index (χ0n) is 9.40. The summed E-state index contributed by atoms with van der Waals surface area (Å²) in [5.74, 6) is -1.44. The van der Waals surface area contributed by atoms with Gasteiger partial charge in [0, 0.05) is 29.6 Å². The number of rotatable bonds is 3. The van der Waals surface area contributed by atoms with Gasteiger partial charge in [-0.15, -0.1) is 0 Å². The van der Waals surface area contributed by atoms with Crippen molar-refractivity contribution >= 4 is 45.7 Å². The zero-order chi connectivity index (χ0) is 14.2. The van der Waals surface area contributed by atoms with Gasteiger partial charge in [-0.25, -0.2) is 13.9 Å². The van der Waals surface area contributed by atoms with E-state index < -0.39 is 21.9 Å². The minimum atomic E-state index is -4.21. The van der Waals surface area contributed by atoms with Crippen molar-refractivity contribution in [2.24, 2.45) is 5.14 Å². The van der Waals surface area contributed by atoms with Crippen LogP contribution in [0.25, 0.3) is 11.1 Å². The summed E-state index contributed by atoms with van der Waals surface area (Å²) in [5, 5.41) is 14.0. The first kappa shape index (κ1) is 16.7. The molecule has 0 aliphatic rings. The van der Waals surface area contributed by atoms with Gasteiger partial charge in [0.15, 0.2) is 5.69 Å². The van der Waals surface area contributed by atoms with Crippen molar-refractivity contribution in [3.05, 3.63) is 46.6 Å². The van der Waals surface area contributed by atoms with Crippen LogP contribution in [0.3, 0.4) is 0 Å². The molecule has 2 aromatic rings. The van der Waals surface area contributed by atoms with Crippen LogP contribution in [0.2, 0.25) is 0 Å². The molecule has 0 aliphatic heterocycles. The molecule has 0 saturated heterocycles. The Balaban J connectivity index is 0.00000200. The van der Waals surface area contributed by atoms with E-state index in [1.165, 1.54) is 24.4 Å². The number of carboxylic acids is 1. The number of H-pyrrole nitrogens is 1. The molecule has 20 heavy (non-hydrogen) atoms. The van der Waals surface area contributed by atoms with Gasteiger partial charge in [-0.2, -0.15) is 8.42 Å². The standard InChI is InChI=1S/C10H9N3O5S.Na.H/c11-19(17,18)13-4-3-7(9(13)10(15)16)6-1-2-8(14)12-5-6;;/h1-5H,(H,12,14)(H,15,16)(H2,11,17,18);;. The van der Waals surface area contributed by atoms with Crippen molar-refractivity contribution in [2.45, 2.75) is 0 Å². The number of carboxylic acid groups (broad SMARTS) is 1. The van der Waals surface area contributed by atoms with Crippen LogP contribution in [0, 0.1) is 0 Å². The van der Waals surface area contributed by atoms with Gasteiger partial charge >= 0.3 is 45.7 Å². The molecule has 2 rings (SSSR count). The van der Waals surface area contributed by atoms with Gasteiger partial charge < -0.3 is 10.1 Å². The third-order valence-electron chi connectivity index (χ3n) is 2.42. The molecule has 0 aliphatic carbocycles. The first-order valence-electron chi connectivity index (χ1n) is 4.98.